The first-order valence-electron chi connectivity index (χ1n) is 6.02. The Labute approximate surface area is 129 Å². The first-order chi connectivity index (χ1) is 9.65. The summed E-state index contributed by atoms with van der Waals surface area (Å²) >= 11 is 3.18. The molecule has 1 fully saturated rings. The van der Waals surface area contributed by atoms with Gasteiger partial charge in [-0.3, -0.25) is 14.9 Å². The molecular formula is C12H12BrNO6S. The highest BCUT2D eigenvalue weighted by atomic mass is 79.9. The molecule has 1 unspecified atom stereocenters. The number of carbonyl (C=O) groups is 1. The van der Waals surface area contributed by atoms with Crippen molar-refractivity contribution in [3.63, 3.8) is 0 Å². The molecule has 2 rings (SSSR count). The summed E-state index contributed by atoms with van der Waals surface area (Å²) in [6.07, 6.45) is 0.0637. The number of halogens is 1. The Hall–Kier alpha value is -1.48. The monoisotopic (exact) mass is 377 g/mol. The van der Waals surface area contributed by atoms with Gasteiger partial charge in [0.05, 0.1) is 21.8 Å². The Balaban J connectivity index is 2.35. The maximum Gasteiger partial charge on any atom is 0.311 e. The molecule has 1 saturated heterocycles. The van der Waals surface area contributed by atoms with Crippen molar-refractivity contribution >= 4 is 37.4 Å². The normalized spacial score (nSPS) is 23.9. The van der Waals surface area contributed by atoms with Crippen molar-refractivity contribution in [1.29, 1.82) is 0 Å². The number of carboxylic acids is 1. The zero-order chi connectivity index (χ0) is 15.8. The van der Waals surface area contributed by atoms with E-state index in [0.717, 1.165) is 0 Å². The van der Waals surface area contributed by atoms with Gasteiger partial charge < -0.3 is 5.11 Å². The molecule has 0 aromatic heterocycles. The van der Waals surface area contributed by atoms with E-state index in [4.69, 9.17) is 0 Å². The van der Waals surface area contributed by atoms with Gasteiger partial charge in [0.15, 0.2) is 9.84 Å². The number of sulfone groups is 1. The van der Waals surface area contributed by atoms with Crippen LogP contribution in [0.3, 0.4) is 0 Å². The number of rotatable bonds is 4. The van der Waals surface area contributed by atoms with Gasteiger partial charge in [0.2, 0.25) is 0 Å². The fraction of sp³-hybridized carbons (Fsp3) is 0.417. The van der Waals surface area contributed by atoms with Crippen molar-refractivity contribution in [3.05, 3.63) is 38.3 Å². The molecule has 0 bridgehead atoms. The molecule has 0 saturated carbocycles. The van der Waals surface area contributed by atoms with Crippen LogP contribution in [0.1, 0.15) is 12.0 Å². The number of nitro groups is 1. The van der Waals surface area contributed by atoms with Crippen molar-refractivity contribution < 1.29 is 23.2 Å². The van der Waals surface area contributed by atoms with E-state index in [1.807, 2.05) is 0 Å². The predicted molar refractivity (Wildman–Crippen MR) is 77.8 cm³/mol. The van der Waals surface area contributed by atoms with Gasteiger partial charge in [-0.05, 0) is 18.4 Å². The van der Waals surface area contributed by atoms with Gasteiger partial charge >= 0.3 is 5.97 Å². The highest BCUT2D eigenvalue weighted by Crippen LogP contribution is 2.38. The van der Waals surface area contributed by atoms with Crippen LogP contribution in [0.2, 0.25) is 0 Å². The molecule has 0 amide bonds. The van der Waals surface area contributed by atoms with Gasteiger partial charge in [-0.1, -0.05) is 22.0 Å². The molecule has 1 atom stereocenters. The summed E-state index contributed by atoms with van der Waals surface area (Å²) in [5.74, 6) is -1.71. The maximum absolute atomic E-state index is 11.6. The molecule has 21 heavy (non-hydrogen) atoms. The van der Waals surface area contributed by atoms with Crippen LogP contribution in [0.5, 0.6) is 0 Å². The summed E-state index contributed by atoms with van der Waals surface area (Å²) in [5.41, 5.74) is -0.938. The Kier molecular flexibility index (Phi) is 4.07. The minimum atomic E-state index is -3.36. The number of nitro benzene ring substituents is 1. The Morgan fingerprint density at radius 3 is 2.57 bits per heavy atom. The summed E-state index contributed by atoms with van der Waals surface area (Å²) in [7, 11) is -3.36. The second-order valence-electron chi connectivity index (χ2n) is 5.14. The van der Waals surface area contributed by atoms with Gasteiger partial charge in [0, 0.05) is 16.6 Å². The van der Waals surface area contributed by atoms with Crippen LogP contribution >= 0.6 is 15.9 Å². The lowest BCUT2D eigenvalue weighted by atomic mass is 9.81. The van der Waals surface area contributed by atoms with Crippen molar-refractivity contribution in [2.75, 3.05) is 11.5 Å². The van der Waals surface area contributed by atoms with Crippen LogP contribution in [0.4, 0.5) is 5.69 Å². The van der Waals surface area contributed by atoms with Crippen LogP contribution in [-0.2, 0) is 21.1 Å². The molecule has 1 aromatic carbocycles. The van der Waals surface area contributed by atoms with E-state index in [1.165, 1.54) is 18.2 Å². The number of benzene rings is 1. The Morgan fingerprint density at radius 2 is 2.14 bits per heavy atom. The van der Waals surface area contributed by atoms with Crippen molar-refractivity contribution in [2.45, 2.75) is 12.8 Å². The van der Waals surface area contributed by atoms with Gasteiger partial charge in [-0.2, -0.15) is 0 Å². The zero-order valence-electron chi connectivity index (χ0n) is 10.8. The van der Waals surface area contributed by atoms with E-state index in [0.29, 0.717) is 10.0 Å². The summed E-state index contributed by atoms with van der Waals surface area (Å²) in [6, 6.07) is 4.02. The number of carboxylic acid groups (broad SMARTS) is 1. The molecule has 0 radical (unpaired) electrons. The third-order valence-corrected chi connectivity index (χ3v) is 6.17. The van der Waals surface area contributed by atoms with E-state index in [-0.39, 0.29) is 24.3 Å². The molecule has 1 aliphatic heterocycles. The minimum absolute atomic E-state index is 0.0140. The summed E-state index contributed by atoms with van der Waals surface area (Å²) in [5, 5.41) is 20.1. The average molecular weight is 378 g/mol. The van der Waals surface area contributed by atoms with Crippen molar-refractivity contribution in [1.82, 2.24) is 0 Å². The summed E-state index contributed by atoms with van der Waals surface area (Å²) in [4.78, 5) is 21.6. The second kappa shape index (κ2) is 5.38. The molecular weight excluding hydrogens is 366 g/mol. The topological polar surface area (TPSA) is 115 Å². The third-order valence-electron chi connectivity index (χ3n) is 3.62. The number of hydrogen-bond acceptors (Lipinski definition) is 5. The van der Waals surface area contributed by atoms with E-state index in [1.54, 1.807) is 0 Å². The second-order valence-corrected chi connectivity index (χ2v) is 8.18. The quantitative estimate of drug-likeness (QED) is 0.631. The van der Waals surface area contributed by atoms with E-state index >= 15 is 0 Å². The number of hydrogen-bond donors (Lipinski definition) is 1. The molecule has 0 aliphatic carbocycles. The molecule has 1 aliphatic rings. The van der Waals surface area contributed by atoms with Gasteiger partial charge in [-0.25, -0.2) is 8.42 Å². The zero-order valence-corrected chi connectivity index (χ0v) is 13.2. The standard InChI is InChI=1S/C12H12BrNO6S/c13-10-5-9(14(17)18)2-1-8(10)6-12(11(15)16)3-4-21(19,20)7-12/h1-2,5H,3-4,6-7H2,(H,15,16). The van der Waals surface area contributed by atoms with Crippen molar-refractivity contribution in [2.24, 2.45) is 5.41 Å². The highest BCUT2D eigenvalue weighted by Gasteiger charge is 2.48. The number of nitrogens with zero attached hydrogens (tertiary/aromatic N) is 1. The summed E-state index contributed by atoms with van der Waals surface area (Å²) in [6.45, 7) is 0. The lowest BCUT2D eigenvalue weighted by Crippen LogP contribution is -2.34. The minimum Gasteiger partial charge on any atom is -0.481 e. The lowest BCUT2D eigenvalue weighted by molar-refractivity contribution is -0.384. The van der Waals surface area contributed by atoms with E-state index in [9.17, 15) is 28.4 Å². The molecule has 1 heterocycles. The van der Waals surface area contributed by atoms with Gasteiger partial charge in [-0.15, -0.1) is 0 Å². The molecule has 0 spiro atoms. The summed E-state index contributed by atoms with van der Waals surface area (Å²) < 4.78 is 23.6. The molecule has 1 aromatic rings. The first kappa shape index (κ1) is 15.9. The fourth-order valence-corrected chi connectivity index (χ4v) is 5.02. The Bertz CT molecular complexity index is 716. The Morgan fingerprint density at radius 1 is 1.48 bits per heavy atom. The van der Waals surface area contributed by atoms with E-state index < -0.39 is 31.9 Å². The lowest BCUT2D eigenvalue weighted by Gasteiger charge is -2.22. The number of aliphatic carboxylic acids is 1. The fourth-order valence-electron chi connectivity index (χ4n) is 2.46. The van der Waals surface area contributed by atoms with Crippen LogP contribution in [0, 0.1) is 15.5 Å². The molecule has 7 nitrogen and oxygen atoms in total. The largest absolute Gasteiger partial charge is 0.481 e. The molecule has 9 heteroatoms. The van der Waals surface area contributed by atoms with Crippen molar-refractivity contribution in [3.8, 4) is 0 Å². The van der Waals surface area contributed by atoms with E-state index in [2.05, 4.69) is 15.9 Å². The predicted octanol–water partition coefficient (Wildman–Crippen LogP) is 1.79. The maximum atomic E-state index is 11.6. The number of non-ortho nitro benzene ring substituents is 1. The SMILES string of the molecule is O=C(O)C1(Cc2ccc([N+](=O)[O-])cc2Br)CCS(=O)(=O)C1. The van der Waals surface area contributed by atoms with Gasteiger partial charge in [0.25, 0.3) is 5.69 Å². The smallest absolute Gasteiger partial charge is 0.311 e. The van der Waals surface area contributed by atoms with Crippen LogP contribution in [-0.4, -0.2) is 35.9 Å². The third kappa shape index (κ3) is 3.24. The molecule has 114 valence electrons. The van der Waals surface area contributed by atoms with Crippen LogP contribution < -0.4 is 0 Å². The first-order valence-corrected chi connectivity index (χ1v) is 8.63. The van der Waals surface area contributed by atoms with Crippen LogP contribution in [0.25, 0.3) is 0 Å². The molecule has 1 N–H and O–H groups in total. The van der Waals surface area contributed by atoms with Gasteiger partial charge in [0.1, 0.15) is 0 Å². The average Bonchev–Trinajstić information content (AvgIpc) is 2.68. The van der Waals surface area contributed by atoms with Crippen LogP contribution in [0.15, 0.2) is 22.7 Å². The highest BCUT2D eigenvalue weighted by molar-refractivity contribution is 9.10.